The van der Waals surface area contributed by atoms with Gasteiger partial charge in [0.2, 0.25) is 0 Å². The van der Waals surface area contributed by atoms with Gasteiger partial charge in [-0.1, -0.05) is 36.4 Å². The summed E-state index contributed by atoms with van der Waals surface area (Å²) in [7, 11) is 0. The molecule has 0 saturated carbocycles. The van der Waals surface area contributed by atoms with E-state index < -0.39 is 6.10 Å². The topological polar surface area (TPSA) is 29.5 Å². The summed E-state index contributed by atoms with van der Waals surface area (Å²) in [6, 6.07) is 14.0. The fraction of sp³-hybridized carbons (Fsp3) is 0.333. The predicted octanol–water partition coefficient (Wildman–Crippen LogP) is 3.98. The lowest BCUT2D eigenvalue weighted by Crippen LogP contribution is -2.05. The molecule has 20 heavy (non-hydrogen) atoms. The van der Waals surface area contributed by atoms with Crippen LogP contribution in [0.1, 0.15) is 35.3 Å². The number of aryl methyl sites for hydroxylation is 2. The second-order valence-corrected chi connectivity index (χ2v) is 5.11. The highest BCUT2D eigenvalue weighted by molar-refractivity contribution is 5.37. The van der Waals surface area contributed by atoms with E-state index in [1.807, 2.05) is 31.2 Å². The summed E-state index contributed by atoms with van der Waals surface area (Å²) in [5, 5.41) is 10.5. The van der Waals surface area contributed by atoms with Crippen molar-refractivity contribution in [1.29, 1.82) is 0 Å². The Morgan fingerprint density at radius 1 is 1.05 bits per heavy atom. The first-order valence-electron chi connectivity index (χ1n) is 7.07. The van der Waals surface area contributed by atoms with Gasteiger partial charge in [0.1, 0.15) is 5.75 Å². The number of hydrogen-bond donors (Lipinski definition) is 1. The van der Waals surface area contributed by atoms with Crippen molar-refractivity contribution in [3.8, 4) is 5.75 Å². The van der Waals surface area contributed by atoms with Gasteiger partial charge in [0.25, 0.3) is 0 Å². The standard InChI is InChI=1S/C18H22O2/c1-4-20-18-8-6-5-7-16(18)17(19)12-15-10-9-13(2)14(3)11-15/h5-11,17,19H,4,12H2,1-3H3. The van der Waals surface area contributed by atoms with Crippen LogP contribution in [-0.4, -0.2) is 11.7 Å². The molecule has 0 saturated heterocycles. The summed E-state index contributed by atoms with van der Waals surface area (Å²) in [6.45, 7) is 6.75. The van der Waals surface area contributed by atoms with Gasteiger partial charge in [-0.2, -0.15) is 0 Å². The quantitative estimate of drug-likeness (QED) is 0.890. The molecule has 0 aliphatic carbocycles. The van der Waals surface area contributed by atoms with Gasteiger partial charge in [-0.3, -0.25) is 0 Å². The number of aliphatic hydroxyl groups is 1. The van der Waals surface area contributed by atoms with Crippen LogP contribution >= 0.6 is 0 Å². The van der Waals surface area contributed by atoms with E-state index in [9.17, 15) is 5.11 Å². The number of rotatable bonds is 5. The van der Waals surface area contributed by atoms with Crippen LogP contribution in [0.2, 0.25) is 0 Å². The minimum absolute atomic E-state index is 0.542. The molecule has 0 bridgehead atoms. The van der Waals surface area contributed by atoms with E-state index in [-0.39, 0.29) is 0 Å². The van der Waals surface area contributed by atoms with Crippen molar-refractivity contribution in [2.45, 2.75) is 33.3 Å². The number of benzene rings is 2. The molecule has 2 heteroatoms. The monoisotopic (exact) mass is 270 g/mol. The van der Waals surface area contributed by atoms with Crippen molar-refractivity contribution in [2.24, 2.45) is 0 Å². The summed E-state index contributed by atoms with van der Waals surface area (Å²) in [5.74, 6) is 0.770. The molecule has 0 amide bonds. The highest BCUT2D eigenvalue weighted by atomic mass is 16.5. The van der Waals surface area contributed by atoms with Crippen LogP contribution in [0, 0.1) is 13.8 Å². The summed E-state index contributed by atoms with van der Waals surface area (Å²) < 4.78 is 5.58. The lowest BCUT2D eigenvalue weighted by molar-refractivity contribution is 0.172. The fourth-order valence-electron chi connectivity index (χ4n) is 2.31. The van der Waals surface area contributed by atoms with Gasteiger partial charge in [0.15, 0.2) is 0 Å². The van der Waals surface area contributed by atoms with Gasteiger partial charge in [-0.05, 0) is 43.5 Å². The van der Waals surface area contributed by atoms with E-state index >= 15 is 0 Å². The zero-order chi connectivity index (χ0) is 14.5. The fourth-order valence-corrected chi connectivity index (χ4v) is 2.31. The Kier molecular flexibility index (Phi) is 4.80. The number of hydrogen-bond acceptors (Lipinski definition) is 2. The van der Waals surface area contributed by atoms with Crippen LogP contribution < -0.4 is 4.74 Å². The van der Waals surface area contributed by atoms with Gasteiger partial charge in [0, 0.05) is 12.0 Å². The molecule has 2 aromatic carbocycles. The molecule has 0 radical (unpaired) electrons. The molecule has 2 aromatic rings. The van der Waals surface area contributed by atoms with Gasteiger partial charge in [-0.15, -0.1) is 0 Å². The highest BCUT2D eigenvalue weighted by Gasteiger charge is 2.13. The second kappa shape index (κ2) is 6.58. The Bertz CT molecular complexity index is 575. The van der Waals surface area contributed by atoms with E-state index in [1.54, 1.807) is 0 Å². The largest absolute Gasteiger partial charge is 0.493 e. The van der Waals surface area contributed by atoms with Crippen molar-refractivity contribution < 1.29 is 9.84 Å². The van der Waals surface area contributed by atoms with Crippen LogP contribution in [-0.2, 0) is 6.42 Å². The van der Waals surface area contributed by atoms with Crippen molar-refractivity contribution in [2.75, 3.05) is 6.61 Å². The Balaban J connectivity index is 2.19. The SMILES string of the molecule is CCOc1ccccc1C(O)Cc1ccc(C)c(C)c1. The molecular formula is C18H22O2. The number of para-hydroxylation sites is 1. The first kappa shape index (κ1) is 14.6. The number of aliphatic hydroxyl groups excluding tert-OH is 1. The zero-order valence-electron chi connectivity index (χ0n) is 12.4. The minimum Gasteiger partial charge on any atom is -0.493 e. The van der Waals surface area contributed by atoms with Crippen LogP contribution in [0.25, 0.3) is 0 Å². The average Bonchev–Trinajstić information content (AvgIpc) is 2.44. The molecule has 1 unspecified atom stereocenters. The third-order valence-corrected chi connectivity index (χ3v) is 3.58. The summed E-state index contributed by atoms with van der Waals surface area (Å²) >= 11 is 0. The summed E-state index contributed by atoms with van der Waals surface area (Å²) in [6.07, 6.45) is 0.0606. The second-order valence-electron chi connectivity index (χ2n) is 5.11. The van der Waals surface area contributed by atoms with Crippen LogP contribution in [0.15, 0.2) is 42.5 Å². The molecule has 0 aliphatic heterocycles. The van der Waals surface area contributed by atoms with Crippen molar-refractivity contribution in [3.05, 3.63) is 64.7 Å². The molecule has 106 valence electrons. The van der Waals surface area contributed by atoms with Crippen molar-refractivity contribution >= 4 is 0 Å². The molecule has 0 spiro atoms. The lowest BCUT2D eigenvalue weighted by Gasteiger charge is -2.16. The maximum Gasteiger partial charge on any atom is 0.125 e. The molecule has 0 heterocycles. The van der Waals surface area contributed by atoms with E-state index in [0.717, 1.165) is 16.9 Å². The normalized spacial score (nSPS) is 12.2. The number of ether oxygens (including phenoxy) is 1. The lowest BCUT2D eigenvalue weighted by atomic mass is 9.98. The third kappa shape index (κ3) is 3.40. The first-order valence-corrected chi connectivity index (χ1v) is 7.07. The zero-order valence-corrected chi connectivity index (χ0v) is 12.4. The van der Waals surface area contributed by atoms with Gasteiger partial charge < -0.3 is 9.84 Å². The molecular weight excluding hydrogens is 248 g/mol. The van der Waals surface area contributed by atoms with Gasteiger partial charge in [0.05, 0.1) is 12.7 Å². The van der Waals surface area contributed by atoms with Gasteiger partial charge >= 0.3 is 0 Å². The van der Waals surface area contributed by atoms with Crippen LogP contribution in [0.4, 0.5) is 0 Å². The van der Waals surface area contributed by atoms with Crippen LogP contribution in [0.5, 0.6) is 5.75 Å². The Morgan fingerprint density at radius 3 is 2.50 bits per heavy atom. The predicted molar refractivity (Wildman–Crippen MR) is 82.2 cm³/mol. The molecule has 0 fully saturated rings. The van der Waals surface area contributed by atoms with Crippen molar-refractivity contribution in [3.63, 3.8) is 0 Å². The summed E-state index contributed by atoms with van der Waals surface area (Å²) in [5.41, 5.74) is 4.53. The van der Waals surface area contributed by atoms with E-state index in [1.165, 1.54) is 11.1 Å². The Hall–Kier alpha value is -1.80. The molecule has 0 aromatic heterocycles. The molecule has 1 atom stereocenters. The Morgan fingerprint density at radius 2 is 1.80 bits per heavy atom. The molecule has 1 N–H and O–H groups in total. The average molecular weight is 270 g/mol. The summed E-state index contributed by atoms with van der Waals surface area (Å²) in [4.78, 5) is 0. The third-order valence-electron chi connectivity index (χ3n) is 3.58. The maximum atomic E-state index is 10.5. The molecule has 2 rings (SSSR count). The first-order chi connectivity index (χ1) is 9.61. The smallest absolute Gasteiger partial charge is 0.125 e. The van der Waals surface area contributed by atoms with Crippen molar-refractivity contribution in [1.82, 2.24) is 0 Å². The maximum absolute atomic E-state index is 10.5. The van der Waals surface area contributed by atoms with Gasteiger partial charge in [-0.25, -0.2) is 0 Å². The van der Waals surface area contributed by atoms with E-state index in [2.05, 4.69) is 32.0 Å². The Labute approximate surface area is 121 Å². The molecule has 0 aliphatic rings. The van der Waals surface area contributed by atoms with E-state index in [4.69, 9.17) is 4.74 Å². The molecule has 2 nitrogen and oxygen atoms in total. The van der Waals surface area contributed by atoms with Crippen LogP contribution in [0.3, 0.4) is 0 Å². The highest BCUT2D eigenvalue weighted by Crippen LogP contribution is 2.28. The van der Waals surface area contributed by atoms with E-state index in [0.29, 0.717) is 13.0 Å². The minimum atomic E-state index is -0.542.